The van der Waals surface area contributed by atoms with Crippen LogP contribution < -0.4 is 4.90 Å². The number of aromatic nitrogens is 3. The molecule has 2 aromatic rings. The first-order chi connectivity index (χ1) is 9.22. The Labute approximate surface area is 117 Å². The molecule has 3 rings (SSSR count). The lowest BCUT2D eigenvalue weighted by atomic mass is 10.2. The average Bonchev–Trinajstić information content (AvgIpc) is 3.01. The van der Waals surface area contributed by atoms with Crippen LogP contribution in [0.5, 0.6) is 0 Å². The van der Waals surface area contributed by atoms with Crippen molar-refractivity contribution in [3.05, 3.63) is 29.5 Å². The normalized spacial score (nSPS) is 20.9. The third kappa shape index (κ3) is 2.79. The van der Waals surface area contributed by atoms with Crippen LogP contribution in [0.15, 0.2) is 24.0 Å². The first-order valence-corrected chi connectivity index (χ1v) is 7.46. The Morgan fingerprint density at radius 2 is 2.32 bits per heavy atom. The lowest BCUT2D eigenvalue weighted by molar-refractivity contribution is 0.221. The van der Waals surface area contributed by atoms with E-state index in [2.05, 4.69) is 33.0 Å². The Balaban J connectivity index is 1.61. The van der Waals surface area contributed by atoms with Gasteiger partial charge in [0.2, 0.25) is 0 Å². The van der Waals surface area contributed by atoms with Crippen molar-refractivity contribution in [3.63, 3.8) is 0 Å². The van der Waals surface area contributed by atoms with Crippen LogP contribution in [0.3, 0.4) is 0 Å². The fourth-order valence-electron chi connectivity index (χ4n) is 2.63. The SMILES string of the molecule is C[C@@H]1CN(Cc2cnn(C)c2)CCN1c1nccs1. The van der Waals surface area contributed by atoms with Crippen molar-refractivity contribution in [1.29, 1.82) is 0 Å². The van der Waals surface area contributed by atoms with Gasteiger partial charge in [-0.3, -0.25) is 9.58 Å². The van der Waals surface area contributed by atoms with E-state index in [1.165, 1.54) is 5.56 Å². The largest absolute Gasteiger partial charge is 0.343 e. The fourth-order valence-corrected chi connectivity index (χ4v) is 3.40. The van der Waals surface area contributed by atoms with Gasteiger partial charge < -0.3 is 4.90 Å². The Bertz CT molecular complexity index is 521. The summed E-state index contributed by atoms with van der Waals surface area (Å²) < 4.78 is 1.87. The summed E-state index contributed by atoms with van der Waals surface area (Å²) >= 11 is 1.72. The number of anilines is 1. The summed E-state index contributed by atoms with van der Waals surface area (Å²) in [6.07, 6.45) is 5.93. The minimum absolute atomic E-state index is 0.511. The molecule has 102 valence electrons. The molecular weight excluding hydrogens is 258 g/mol. The molecule has 6 heteroatoms. The van der Waals surface area contributed by atoms with E-state index < -0.39 is 0 Å². The van der Waals surface area contributed by atoms with Crippen molar-refractivity contribution in [3.8, 4) is 0 Å². The third-order valence-corrected chi connectivity index (χ3v) is 4.35. The highest BCUT2D eigenvalue weighted by atomic mass is 32.1. The molecule has 1 fully saturated rings. The van der Waals surface area contributed by atoms with Crippen molar-refractivity contribution in [2.24, 2.45) is 7.05 Å². The van der Waals surface area contributed by atoms with E-state index in [0.29, 0.717) is 6.04 Å². The molecule has 0 bridgehead atoms. The predicted molar refractivity (Wildman–Crippen MR) is 77.4 cm³/mol. The summed E-state index contributed by atoms with van der Waals surface area (Å²) in [7, 11) is 1.96. The van der Waals surface area contributed by atoms with Gasteiger partial charge >= 0.3 is 0 Å². The van der Waals surface area contributed by atoms with Crippen molar-refractivity contribution >= 4 is 16.5 Å². The molecule has 0 amide bonds. The summed E-state index contributed by atoms with van der Waals surface area (Å²) in [4.78, 5) is 9.31. The maximum Gasteiger partial charge on any atom is 0.185 e. The standard InChI is InChI=1S/C13H19N5S/c1-11-8-17(10-12-7-15-16(2)9-12)4-5-18(11)13-14-3-6-19-13/h3,6-7,9,11H,4-5,8,10H2,1-2H3/t11-/m1/s1. The topological polar surface area (TPSA) is 37.2 Å². The average molecular weight is 277 g/mol. The Morgan fingerprint density at radius 3 is 2.95 bits per heavy atom. The van der Waals surface area contributed by atoms with Crippen LogP contribution in [0.4, 0.5) is 5.13 Å². The van der Waals surface area contributed by atoms with Crippen LogP contribution in [0.1, 0.15) is 12.5 Å². The molecule has 0 N–H and O–H groups in total. The van der Waals surface area contributed by atoms with Crippen molar-refractivity contribution in [1.82, 2.24) is 19.7 Å². The van der Waals surface area contributed by atoms with Gasteiger partial charge in [0.1, 0.15) is 0 Å². The van der Waals surface area contributed by atoms with Gasteiger partial charge in [-0.2, -0.15) is 5.10 Å². The highest BCUT2D eigenvalue weighted by molar-refractivity contribution is 7.13. The molecule has 1 aliphatic rings. The number of thiazole rings is 1. The zero-order chi connectivity index (χ0) is 13.2. The third-order valence-electron chi connectivity index (χ3n) is 3.54. The van der Waals surface area contributed by atoms with E-state index >= 15 is 0 Å². The Hall–Kier alpha value is -1.40. The Kier molecular flexibility index (Phi) is 3.52. The highest BCUT2D eigenvalue weighted by Gasteiger charge is 2.25. The van der Waals surface area contributed by atoms with Crippen molar-refractivity contribution in [2.75, 3.05) is 24.5 Å². The van der Waals surface area contributed by atoms with Gasteiger partial charge in [0.15, 0.2) is 5.13 Å². The van der Waals surface area contributed by atoms with Crippen LogP contribution in [0, 0.1) is 0 Å². The maximum atomic E-state index is 4.42. The molecule has 0 aromatic carbocycles. The minimum atomic E-state index is 0.511. The van der Waals surface area contributed by atoms with Crippen LogP contribution in [0.25, 0.3) is 0 Å². The molecule has 0 aliphatic carbocycles. The lowest BCUT2D eigenvalue weighted by Gasteiger charge is -2.39. The van der Waals surface area contributed by atoms with Crippen LogP contribution in [-0.2, 0) is 13.6 Å². The Morgan fingerprint density at radius 1 is 1.42 bits per heavy atom. The minimum Gasteiger partial charge on any atom is -0.343 e. The monoisotopic (exact) mass is 277 g/mol. The second-order valence-electron chi connectivity index (χ2n) is 5.11. The predicted octanol–water partition coefficient (Wildman–Crippen LogP) is 1.59. The van der Waals surface area contributed by atoms with E-state index in [9.17, 15) is 0 Å². The van der Waals surface area contributed by atoms with Crippen molar-refractivity contribution in [2.45, 2.75) is 19.5 Å². The number of nitrogens with zero attached hydrogens (tertiary/aromatic N) is 5. The number of piperazine rings is 1. The first kappa shape index (κ1) is 12.6. The fraction of sp³-hybridized carbons (Fsp3) is 0.538. The quantitative estimate of drug-likeness (QED) is 0.854. The number of hydrogen-bond acceptors (Lipinski definition) is 5. The molecule has 5 nitrogen and oxygen atoms in total. The van der Waals surface area contributed by atoms with E-state index in [4.69, 9.17) is 0 Å². The summed E-state index contributed by atoms with van der Waals surface area (Å²) in [5, 5.41) is 7.42. The zero-order valence-electron chi connectivity index (χ0n) is 11.4. The molecule has 1 saturated heterocycles. The number of aryl methyl sites for hydroxylation is 1. The van der Waals surface area contributed by atoms with E-state index in [0.717, 1.165) is 31.3 Å². The first-order valence-electron chi connectivity index (χ1n) is 6.58. The zero-order valence-corrected chi connectivity index (χ0v) is 12.2. The summed E-state index contributed by atoms with van der Waals surface area (Å²) in [6, 6.07) is 0.511. The van der Waals surface area contributed by atoms with Gasteiger partial charge in [0, 0.05) is 62.6 Å². The van der Waals surface area contributed by atoms with Gasteiger partial charge in [0.25, 0.3) is 0 Å². The molecular formula is C13H19N5S. The summed E-state index contributed by atoms with van der Waals surface area (Å²) in [5.74, 6) is 0. The number of hydrogen-bond donors (Lipinski definition) is 0. The van der Waals surface area contributed by atoms with E-state index in [-0.39, 0.29) is 0 Å². The van der Waals surface area contributed by atoms with Gasteiger partial charge in [-0.05, 0) is 6.92 Å². The molecule has 3 heterocycles. The molecule has 1 atom stereocenters. The van der Waals surface area contributed by atoms with Crippen LogP contribution in [-0.4, -0.2) is 45.3 Å². The van der Waals surface area contributed by atoms with Crippen molar-refractivity contribution < 1.29 is 0 Å². The molecule has 19 heavy (non-hydrogen) atoms. The van der Waals surface area contributed by atoms with Gasteiger partial charge in [-0.15, -0.1) is 11.3 Å². The molecule has 0 unspecified atom stereocenters. The van der Waals surface area contributed by atoms with Crippen LogP contribution in [0.2, 0.25) is 0 Å². The van der Waals surface area contributed by atoms with E-state index in [1.807, 2.05) is 29.5 Å². The second-order valence-corrected chi connectivity index (χ2v) is 5.99. The van der Waals surface area contributed by atoms with Gasteiger partial charge in [-0.1, -0.05) is 0 Å². The molecule has 2 aromatic heterocycles. The second kappa shape index (κ2) is 5.30. The summed E-state index contributed by atoms with van der Waals surface area (Å²) in [6.45, 7) is 6.48. The van der Waals surface area contributed by atoms with E-state index in [1.54, 1.807) is 11.3 Å². The molecule has 0 radical (unpaired) electrons. The smallest absolute Gasteiger partial charge is 0.185 e. The summed E-state index contributed by atoms with van der Waals surface area (Å²) in [5.41, 5.74) is 1.29. The van der Waals surface area contributed by atoms with Gasteiger partial charge in [-0.25, -0.2) is 4.98 Å². The highest BCUT2D eigenvalue weighted by Crippen LogP contribution is 2.23. The maximum absolute atomic E-state index is 4.42. The number of rotatable bonds is 3. The molecule has 1 aliphatic heterocycles. The van der Waals surface area contributed by atoms with Gasteiger partial charge in [0.05, 0.1) is 6.20 Å². The molecule has 0 saturated carbocycles. The lowest BCUT2D eigenvalue weighted by Crippen LogP contribution is -2.51. The van der Waals surface area contributed by atoms with Crippen LogP contribution >= 0.6 is 11.3 Å². The molecule has 0 spiro atoms.